The largest absolute Gasteiger partial charge is 0.493 e. The van der Waals surface area contributed by atoms with Gasteiger partial charge in [0.05, 0.1) is 36.7 Å². The Morgan fingerprint density at radius 3 is 2.26 bits per heavy atom. The lowest BCUT2D eigenvalue weighted by atomic mass is 9.84. The van der Waals surface area contributed by atoms with E-state index in [0.717, 1.165) is 47.5 Å². The number of hydrogen-bond acceptors (Lipinski definition) is 9. The normalized spacial score (nSPS) is 20.5. The molecule has 1 fully saturated rings. The Morgan fingerprint density at radius 1 is 0.820 bits per heavy atom. The number of carbonyl (C=O) groups excluding carboxylic acids is 1. The second-order valence-corrected chi connectivity index (χ2v) is 13.7. The van der Waals surface area contributed by atoms with Crippen molar-refractivity contribution in [2.45, 2.75) is 64.1 Å². The number of benzene rings is 4. The number of hydrogen-bond donors (Lipinski definition) is 1. The van der Waals surface area contributed by atoms with Crippen molar-refractivity contribution in [3.8, 4) is 23.0 Å². The van der Waals surface area contributed by atoms with Gasteiger partial charge in [0.2, 0.25) is 0 Å². The molecule has 1 amide bonds. The summed E-state index contributed by atoms with van der Waals surface area (Å²) in [4.78, 5) is 27.9. The van der Waals surface area contributed by atoms with E-state index in [1.807, 2.05) is 53.6 Å². The number of fused-ring (bicyclic) bond motifs is 5. The van der Waals surface area contributed by atoms with E-state index in [0.29, 0.717) is 58.9 Å². The Balaban J connectivity index is 0.995. The molecule has 0 spiro atoms. The number of nitrogens with two attached hydrogens (primary N) is 1. The first-order valence-corrected chi connectivity index (χ1v) is 17.1. The molecule has 4 aliphatic rings. The van der Waals surface area contributed by atoms with Crippen LogP contribution in [-0.4, -0.2) is 60.5 Å². The minimum absolute atomic E-state index is 0.0851. The molecular weight excluding hydrogens is 630 g/mol. The highest BCUT2D eigenvalue weighted by Crippen LogP contribution is 2.42. The van der Waals surface area contributed by atoms with E-state index in [1.165, 1.54) is 12.0 Å². The molecule has 8 rings (SSSR count). The number of carbonyl (C=O) groups is 1. The Morgan fingerprint density at radius 2 is 1.52 bits per heavy atom. The molecule has 10 heteroatoms. The second kappa shape index (κ2) is 12.8. The van der Waals surface area contributed by atoms with Crippen LogP contribution in [0.1, 0.15) is 57.9 Å². The Bertz CT molecular complexity index is 2040. The number of nitrogen functional groups attached to an aromatic ring is 1. The van der Waals surface area contributed by atoms with Crippen LogP contribution in [0.3, 0.4) is 0 Å². The smallest absolute Gasteiger partial charge is 0.257 e. The maximum atomic E-state index is 14.0. The predicted molar refractivity (Wildman–Crippen MR) is 194 cm³/mol. The van der Waals surface area contributed by atoms with E-state index < -0.39 is 5.54 Å². The van der Waals surface area contributed by atoms with Crippen molar-refractivity contribution >= 4 is 35.4 Å². The third-order valence-corrected chi connectivity index (χ3v) is 10.3. The Hall–Kier alpha value is -5.35. The molecule has 256 valence electrons. The van der Waals surface area contributed by atoms with Gasteiger partial charge in [-0.2, -0.15) is 0 Å². The third-order valence-electron chi connectivity index (χ3n) is 10.3. The average Bonchev–Trinajstić information content (AvgIpc) is 3.45. The summed E-state index contributed by atoms with van der Waals surface area (Å²) in [6.45, 7) is 5.01. The maximum Gasteiger partial charge on any atom is 0.257 e. The first-order chi connectivity index (χ1) is 24.3. The Labute approximate surface area is 292 Å². The molecule has 0 radical (unpaired) electrons. The van der Waals surface area contributed by atoms with Gasteiger partial charge in [0, 0.05) is 55.8 Å². The van der Waals surface area contributed by atoms with Crippen molar-refractivity contribution in [2.75, 3.05) is 26.5 Å². The summed E-state index contributed by atoms with van der Waals surface area (Å²) in [6, 6.07) is 21.9. The van der Waals surface area contributed by atoms with Crippen LogP contribution >= 0.6 is 0 Å². The monoisotopic (exact) mass is 671 g/mol. The lowest BCUT2D eigenvalue weighted by Gasteiger charge is -2.42. The molecule has 4 heterocycles. The van der Waals surface area contributed by atoms with Gasteiger partial charge in [-0.15, -0.1) is 0 Å². The fraction of sp³-hybridized carbons (Fsp3) is 0.325. The summed E-state index contributed by atoms with van der Waals surface area (Å²) in [5.74, 6) is 2.16. The highest BCUT2D eigenvalue weighted by molar-refractivity contribution is 6.04. The molecule has 4 aromatic carbocycles. The molecule has 0 saturated carbocycles. The van der Waals surface area contributed by atoms with Crippen LogP contribution in [0, 0.1) is 0 Å². The highest BCUT2D eigenvalue weighted by Gasteiger charge is 2.41. The molecule has 2 unspecified atom stereocenters. The zero-order valence-corrected chi connectivity index (χ0v) is 28.6. The zero-order chi connectivity index (χ0) is 34.4. The van der Waals surface area contributed by atoms with Crippen LogP contribution < -0.4 is 24.7 Å². The molecule has 2 atom stereocenters. The highest BCUT2D eigenvalue weighted by atomic mass is 16.5. The van der Waals surface area contributed by atoms with Gasteiger partial charge in [-0.25, -0.2) is 0 Å². The van der Waals surface area contributed by atoms with Crippen LogP contribution in [0.5, 0.6) is 23.0 Å². The standard InChI is InChI=1S/C40H41N5O5/c1-40-18-27-7-4-5-8-28(27)21-45(40)39(46)32-15-36(48-3)38(17-34(32)43-24-40)50-23-26-11-25(12-30(41)13-26)22-49-37-16-33-29(14-35(37)47-2)20-44-10-6-9-31(44)19-42-33/h4-5,7-8,11-17,19,24,31H,6,9-10,18,20-23,41H2,1-3H3. The number of aliphatic imine (C=N–C) groups is 2. The van der Waals surface area contributed by atoms with Gasteiger partial charge in [0.15, 0.2) is 23.0 Å². The number of anilines is 1. The number of rotatable bonds is 8. The number of nitrogens with zero attached hydrogens (tertiary/aromatic N) is 4. The van der Waals surface area contributed by atoms with Crippen LogP contribution in [0.15, 0.2) is 76.7 Å². The minimum Gasteiger partial charge on any atom is -0.493 e. The molecule has 4 aromatic rings. The van der Waals surface area contributed by atoms with Gasteiger partial charge in [0.25, 0.3) is 5.91 Å². The van der Waals surface area contributed by atoms with Gasteiger partial charge in [-0.3, -0.25) is 19.7 Å². The van der Waals surface area contributed by atoms with E-state index in [9.17, 15) is 4.79 Å². The SMILES string of the molecule is COc1cc2c(cc1OCc1cc(N)cc(COc3cc4c(cc3OC)C(=O)N3Cc5ccccc5CC3(C)C=N4)c1)N=CC1CCCN1C2. The number of amides is 1. The first-order valence-electron chi connectivity index (χ1n) is 17.1. The molecule has 50 heavy (non-hydrogen) atoms. The maximum absolute atomic E-state index is 14.0. The van der Waals surface area contributed by atoms with E-state index in [-0.39, 0.29) is 19.1 Å². The fourth-order valence-corrected chi connectivity index (χ4v) is 7.58. The molecule has 1 saturated heterocycles. The van der Waals surface area contributed by atoms with E-state index >= 15 is 0 Å². The Kier molecular flexibility index (Phi) is 8.19. The van der Waals surface area contributed by atoms with Crippen molar-refractivity contribution in [1.82, 2.24) is 9.80 Å². The van der Waals surface area contributed by atoms with Crippen molar-refractivity contribution < 1.29 is 23.7 Å². The topological polar surface area (TPSA) is 111 Å². The molecule has 0 aromatic heterocycles. The predicted octanol–water partition coefficient (Wildman–Crippen LogP) is 6.80. The molecule has 0 aliphatic carbocycles. The summed E-state index contributed by atoms with van der Waals surface area (Å²) in [5, 5.41) is 0. The number of methoxy groups -OCH3 is 2. The quantitative estimate of drug-likeness (QED) is 0.205. The first kappa shape index (κ1) is 31.9. The van der Waals surface area contributed by atoms with Crippen molar-refractivity contribution in [1.29, 1.82) is 0 Å². The van der Waals surface area contributed by atoms with Gasteiger partial charge in [-0.1, -0.05) is 24.3 Å². The van der Waals surface area contributed by atoms with E-state index in [1.54, 1.807) is 26.4 Å². The van der Waals surface area contributed by atoms with Gasteiger partial charge >= 0.3 is 0 Å². The summed E-state index contributed by atoms with van der Waals surface area (Å²) >= 11 is 0. The van der Waals surface area contributed by atoms with E-state index in [2.05, 4.69) is 30.2 Å². The van der Waals surface area contributed by atoms with Crippen molar-refractivity contribution in [3.05, 3.63) is 100 Å². The van der Waals surface area contributed by atoms with E-state index in [4.69, 9.17) is 34.7 Å². The van der Waals surface area contributed by atoms with Crippen LogP contribution in [0.25, 0.3) is 0 Å². The van der Waals surface area contributed by atoms with Crippen LogP contribution in [0.2, 0.25) is 0 Å². The molecule has 2 N–H and O–H groups in total. The van der Waals surface area contributed by atoms with Gasteiger partial charge < -0.3 is 29.6 Å². The summed E-state index contributed by atoms with van der Waals surface area (Å²) in [7, 11) is 3.23. The van der Waals surface area contributed by atoms with Crippen LogP contribution in [-0.2, 0) is 32.7 Å². The molecular formula is C40H41N5O5. The lowest BCUT2D eigenvalue weighted by molar-refractivity contribution is 0.0594. The molecule has 4 aliphatic heterocycles. The fourth-order valence-electron chi connectivity index (χ4n) is 7.58. The van der Waals surface area contributed by atoms with Gasteiger partial charge in [-0.05, 0) is 84.5 Å². The number of ether oxygens (including phenoxy) is 4. The third kappa shape index (κ3) is 5.94. The van der Waals surface area contributed by atoms with Crippen LogP contribution in [0.4, 0.5) is 17.1 Å². The second-order valence-electron chi connectivity index (χ2n) is 13.7. The van der Waals surface area contributed by atoms with Crippen molar-refractivity contribution in [2.24, 2.45) is 9.98 Å². The summed E-state index contributed by atoms with van der Waals surface area (Å²) in [6.07, 6.45) is 6.98. The average molecular weight is 672 g/mol. The molecule has 0 bridgehead atoms. The summed E-state index contributed by atoms with van der Waals surface area (Å²) in [5.41, 5.74) is 13.6. The van der Waals surface area contributed by atoms with Gasteiger partial charge in [0.1, 0.15) is 13.2 Å². The molecule has 10 nitrogen and oxygen atoms in total. The zero-order valence-electron chi connectivity index (χ0n) is 28.6. The van der Waals surface area contributed by atoms with Crippen molar-refractivity contribution in [3.63, 3.8) is 0 Å². The lowest BCUT2D eigenvalue weighted by Crippen LogP contribution is -2.54. The summed E-state index contributed by atoms with van der Waals surface area (Å²) < 4.78 is 24.0. The minimum atomic E-state index is -0.550.